The predicted molar refractivity (Wildman–Crippen MR) is 137 cm³/mol. The summed E-state index contributed by atoms with van der Waals surface area (Å²) in [4.78, 5) is 12.5. The molecule has 1 aromatic heterocycles. The minimum Gasteiger partial charge on any atom is -0.497 e. The van der Waals surface area contributed by atoms with Crippen molar-refractivity contribution in [3.63, 3.8) is 0 Å². The monoisotopic (exact) mass is 508 g/mol. The summed E-state index contributed by atoms with van der Waals surface area (Å²) in [5.41, 5.74) is 1.87. The molecule has 1 unspecified atom stereocenters. The Labute approximate surface area is 213 Å². The van der Waals surface area contributed by atoms with E-state index in [1.165, 1.54) is 11.8 Å². The summed E-state index contributed by atoms with van der Waals surface area (Å²) in [6, 6.07) is 24.6. The summed E-state index contributed by atoms with van der Waals surface area (Å²) in [6.07, 6.45) is -0.430. The van der Waals surface area contributed by atoms with Crippen LogP contribution < -0.4 is 14.8 Å². The van der Waals surface area contributed by atoms with Gasteiger partial charge in [0.15, 0.2) is 17.1 Å². The van der Waals surface area contributed by atoms with Crippen LogP contribution in [0.3, 0.4) is 0 Å². The number of rotatable bonds is 10. The maximum Gasteiger partial charge on any atom is 0.230 e. The van der Waals surface area contributed by atoms with Gasteiger partial charge in [0, 0.05) is 12.2 Å². The Bertz CT molecular complexity index is 1270. The van der Waals surface area contributed by atoms with Crippen molar-refractivity contribution >= 4 is 29.3 Å². The lowest BCUT2D eigenvalue weighted by atomic mass is 10.2. The Morgan fingerprint density at radius 3 is 2.46 bits per heavy atom. The molecule has 9 heteroatoms. The molecule has 0 radical (unpaired) electrons. The minimum absolute atomic E-state index is 0.102. The van der Waals surface area contributed by atoms with Gasteiger partial charge in [-0.3, -0.25) is 9.36 Å². The normalized spacial score (nSPS) is 11.6. The molecule has 7 nitrogen and oxygen atoms in total. The number of hydrogen-bond acceptors (Lipinski definition) is 6. The molecule has 0 bridgehead atoms. The summed E-state index contributed by atoms with van der Waals surface area (Å²) in [5.74, 6) is 2.05. The molecule has 1 heterocycles. The van der Waals surface area contributed by atoms with Gasteiger partial charge in [-0.2, -0.15) is 0 Å². The van der Waals surface area contributed by atoms with Crippen molar-refractivity contribution < 1.29 is 14.3 Å². The van der Waals surface area contributed by atoms with E-state index in [-0.39, 0.29) is 11.7 Å². The third-order valence-corrected chi connectivity index (χ3v) is 6.40. The smallest absolute Gasteiger partial charge is 0.230 e. The largest absolute Gasteiger partial charge is 0.497 e. The lowest BCUT2D eigenvalue weighted by Crippen LogP contribution is -2.24. The van der Waals surface area contributed by atoms with E-state index in [0.29, 0.717) is 28.3 Å². The van der Waals surface area contributed by atoms with Crippen LogP contribution in [0.4, 0.5) is 0 Å². The van der Waals surface area contributed by atoms with Crippen molar-refractivity contribution in [2.75, 3.05) is 12.9 Å². The summed E-state index contributed by atoms with van der Waals surface area (Å²) >= 11 is 7.58. The van der Waals surface area contributed by atoms with Gasteiger partial charge in [-0.1, -0.05) is 65.8 Å². The molecule has 1 atom stereocenters. The molecule has 0 fully saturated rings. The van der Waals surface area contributed by atoms with Crippen molar-refractivity contribution in [2.24, 2.45) is 0 Å². The second kappa shape index (κ2) is 11.8. The lowest BCUT2D eigenvalue weighted by molar-refractivity contribution is -0.118. The topological polar surface area (TPSA) is 78.3 Å². The van der Waals surface area contributed by atoms with E-state index in [9.17, 15) is 4.79 Å². The molecular weight excluding hydrogens is 484 g/mol. The van der Waals surface area contributed by atoms with Gasteiger partial charge >= 0.3 is 0 Å². The van der Waals surface area contributed by atoms with E-state index in [1.807, 2.05) is 84.3 Å². The molecule has 1 amide bonds. The van der Waals surface area contributed by atoms with Crippen molar-refractivity contribution in [3.8, 4) is 17.2 Å². The summed E-state index contributed by atoms with van der Waals surface area (Å²) in [6.45, 7) is 2.32. The second-order valence-corrected chi connectivity index (χ2v) is 8.97. The van der Waals surface area contributed by atoms with Crippen LogP contribution in [-0.2, 0) is 11.3 Å². The number of hydrogen-bond donors (Lipinski definition) is 1. The SMILES string of the molecule is COc1ccc(CNC(=O)CSc2nnc(C(C)Oc3ccccc3Cl)n2-c2ccccc2)cc1. The molecule has 0 saturated carbocycles. The van der Waals surface area contributed by atoms with Crippen LogP contribution in [0.5, 0.6) is 11.5 Å². The van der Waals surface area contributed by atoms with Gasteiger partial charge in [-0.25, -0.2) is 0 Å². The molecular formula is C26H25ClN4O3S. The first-order valence-corrected chi connectivity index (χ1v) is 12.4. The molecule has 0 spiro atoms. The zero-order valence-corrected chi connectivity index (χ0v) is 20.9. The number of benzene rings is 3. The van der Waals surface area contributed by atoms with Crippen molar-refractivity contribution in [1.29, 1.82) is 0 Å². The third-order valence-electron chi connectivity index (χ3n) is 5.16. The first kappa shape index (κ1) is 24.6. The molecule has 0 aliphatic carbocycles. The van der Waals surface area contributed by atoms with Gasteiger partial charge in [0.1, 0.15) is 11.5 Å². The number of methoxy groups -OCH3 is 1. The summed E-state index contributed by atoms with van der Waals surface area (Å²) in [5, 5.41) is 12.8. The van der Waals surface area contributed by atoms with Crippen LogP contribution >= 0.6 is 23.4 Å². The number of nitrogens with one attached hydrogen (secondary N) is 1. The molecule has 0 aliphatic rings. The van der Waals surface area contributed by atoms with Gasteiger partial charge in [0.2, 0.25) is 5.91 Å². The average Bonchev–Trinajstić information content (AvgIpc) is 3.32. The van der Waals surface area contributed by atoms with E-state index in [0.717, 1.165) is 17.0 Å². The highest BCUT2D eigenvalue weighted by atomic mass is 35.5. The Kier molecular flexibility index (Phi) is 8.28. The number of aromatic nitrogens is 3. The van der Waals surface area contributed by atoms with Crippen molar-refractivity contribution in [3.05, 3.63) is 95.3 Å². The highest BCUT2D eigenvalue weighted by Gasteiger charge is 2.22. The van der Waals surface area contributed by atoms with Crippen LogP contribution in [0.15, 0.2) is 84.0 Å². The molecule has 1 N–H and O–H groups in total. The molecule has 4 aromatic rings. The maximum atomic E-state index is 12.5. The van der Waals surface area contributed by atoms with Gasteiger partial charge in [0.25, 0.3) is 0 Å². The maximum absolute atomic E-state index is 12.5. The van der Waals surface area contributed by atoms with E-state index >= 15 is 0 Å². The summed E-state index contributed by atoms with van der Waals surface area (Å²) < 4.78 is 13.2. The number of halogens is 1. The third kappa shape index (κ3) is 6.35. The van der Waals surface area contributed by atoms with Crippen LogP contribution in [-0.4, -0.2) is 33.5 Å². The first-order chi connectivity index (χ1) is 17.0. The fraction of sp³-hybridized carbons (Fsp3) is 0.192. The van der Waals surface area contributed by atoms with Gasteiger partial charge in [0.05, 0.1) is 17.9 Å². The Hall–Kier alpha value is -3.49. The highest BCUT2D eigenvalue weighted by Crippen LogP contribution is 2.31. The van der Waals surface area contributed by atoms with Gasteiger partial charge in [-0.05, 0) is 48.9 Å². The zero-order chi connectivity index (χ0) is 24.6. The Morgan fingerprint density at radius 1 is 1.03 bits per heavy atom. The zero-order valence-electron chi connectivity index (χ0n) is 19.3. The van der Waals surface area contributed by atoms with E-state index < -0.39 is 6.10 Å². The number of carbonyl (C=O) groups is 1. The number of carbonyl (C=O) groups excluding carboxylic acids is 1. The van der Waals surface area contributed by atoms with Crippen molar-refractivity contribution in [1.82, 2.24) is 20.1 Å². The van der Waals surface area contributed by atoms with Crippen LogP contribution in [0, 0.1) is 0 Å². The lowest BCUT2D eigenvalue weighted by Gasteiger charge is -2.17. The standard InChI is InChI=1S/C26H25ClN4O3S/c1-18(34-23-11-7-6-10-22(23)27)25-29-30-26(31(25)20-8-4-3-5-9-20)35-17-24(32)28-16-19-12-14-21(33-2)15-13-19/h3-15,18H,16-17H2,1-2H3,(H,28,32). The predicted octanol–water partition coefficient (Wildman–Crippen LogP) is 5.48. The second-order valence-electron chi connectivity index (χ2n) is 7.62. The Morgan fingerprint density at radius 2 is 1.74 bits per heavy atom. The van der Waals surface area contributed by atoms with Gasteiger partial charge < -0.3 is 14.8 Å². The Balaban J connectivity index is 1.46. The minimum atomic E-state index is -0.430. The molecule has 3 aromatic carbocycles. The number of ether oxygens (including phenoxy) is 2. The molecule has 180 valence electrons. The fourth-order valence-corrected chi connectivity index (χ4v) is 4.34. The van der Waals surface area contributed by atoms with E-state index in [4.69, 9.17) is 21.1 Å². The number of amides is 1. The van der Waals surface area contributed by atoms with E-state index in [1.54, 1.807) is 13.2 Å². The highest BCUT2D eigenvalue weighted by molar-refractivity contribution is 7.99. The molecule has 0 saturated heterocycles. The van der Waals surface area contributed by atoms with Crippen molar-refractivity contribution in [2.45, 2.75) is 24.7 Å². The molecule has 4 rings (SSSR count). The number of thioether (sulfide) groups is 1. The van der Waals surface area contributed by atoms with Crippen LogP contribution in [0.25, 0.3) is 5.69 Å². The van der Waals surface area contributed by atoms with E-state index in [2.05, 4.69) is 15.5 Å². The van der Waals surface area contributed by atoms with Crippen LogP contribution in [0.2, 0.25) is 5.02 Å². The van der Waals surface area contributed by atoms with Crippen LogP contribution in [0.1, 0.15) is 24.4 Å². The first-order valence-electron chi connectivity index (χ1n) is 11.0. The number of para-hydroxylation sites is 2. The summed E-state index contributed by atoms with van der Waals surface area (Å²) in [7, 11) is 1.62. The average molecular weight is 509 g/mol. The number of nitrogens with zero attached hydrogens (tertiary/aromatic N) is 3. The molecule has 0 aliphatic heterocycles. The quantitative estimate of drug-likeness (QED) is 0.286. The van der Waals surface area contributed by atoms with Gasteiger partial charge in [-0.15, -0.1) is 10.2 Å². The molecule has 35 heavy (non-hydrogen) atoms. The fourth-order valence-electron chi connectivity index (χ4n) is 3.37.